The molecule has 2 atom stereocenters. The maximum atomic E-state index is 13.0. The van der Waals surface area contributed by atoms with Crippen LogP contribution in [0.15, 0.2) is 23.1 Å². The number of methoxy groups -OCH3 is 1. The van der Waals surface area contributed by atoms with Gasteiger partial charge in [-0.1, -0.05) is 6.42 Å². The van der Waals surface area contributed by atoms with Crippen molar-refractivity contribution in [2.24, 2.45) is 0 Å². The van der Waals surface area contributed by atoms with Crippen LogP contribution < -0.4 is 10.1 Å². The molecule has 2 aliphatic heterocycles. The number of hydrogen-bond donors (Lipinski definition) is 1. The van der Waals surface area contributed by atoms with Crippen molar-refractivity contribution < 1.29 is 22.7 Å². The molecule has 1 N–H and O–H groups in total. The lowest BCUT2D eigenvalue weighted by molar-refractivity contribution is -0.121. The third kappa shape index (κ3) is 5.48. The smallest absolute Gasteiger partial charge is 0.243 e. The lowest BCUT2D eigenvalue weighted by Gasteiger charge is -2.34. The Balaban J connectivity index is 1.74. The van der Waals surface area contributed by atoms with Crippen LogP contribution in [0.3, 0.4) is 0 Å². The fourth-order valence-electron chi connectivity index (χ4n) is 4.01. The molecule has 0 saturated carbocycles. The van der Waals surface area contributed by atoms with Crippen molar-refractivity contribution in [2.75, 3.05) is 45.2 Å². The van der Waals surface area contributed by atoms with E-state index < -0.39 is 10.0 Å². The van der Waals surface area contributed by atoms with E-state index in [1.54, 1.807) is 6.07 Å². The average Bonchev–Trinajstić information content (AvgIpc) is 2.67. The number of ether oxygens (including phenoxy) is 2. The number of amides is 1. The highest BCUT2D eigenvalue weighted by Crippen LogP contribution is 2.30. The van der Waals surface area contributed by atoms with Gasteiger partial charge in [-0.25, -0.2) is 8.42 Å². The second-order valence-corrected chi connectivity index (χ2v) is 9.76. The van der Waals surface area contributed by atoms with E-state index in [1.165, 1.54) is 23.5 Å². The second-order valence-electron chi connectivity index (χ2n) is 7.83. The van der Waals surface area contributed by atoms with Crippen molar-refractivity contribution in [1.82, 2.24) is 9.21 Å². The van der Waals surface area contributed by atoms with E-state index in [4.69, 9.17) is 9.47 Å². The van der Waals surface area contributed by atoms with E-state index >= 15 is 0 Å². The van der Waals surface area contributed by atoms with Crippen LogP contribution in [-0.2, 0) is 19.6 Å². The summed E-state index contributed by atoms with van der Waals surface area (Å²) in [5.41, 5.74) is 0.366. The summed E-state index contributed by atoms with van der Waals surface area (Å²) in [7, 11) is -2.09. The molecule has 0 aliphatic carbocycles. The molecule has 2 heterocycles. The Morgan fingerprint density at radius 2 is 1.83 bits per heavy atom. The normalized spacial score (nSPS) is 24.2. The number of rotatable bonds is 6. The minimum absolute atomic E-state index is 0.0686. The maximum absolute atomic E-state index is 13.0. The molecule has 2 aliphatic rings. The van der Waals surface area contributed by atoms with Gasteiger partial charge in [0.05, 0.1) is 36.4 Å². The van der Waals surface area contributed by atoms with Crippen molar-refractivity contribution in [1.29, 1.82) is 0 Å². The van der Waals surface area contributed by atoms with Crippen LogP contribution in [0, 0.1) is 0 Å². The first-order valence-corrected chi connectivity index (χ1v) is 11.6. The van der Waals surface area contributed by atoms with Crippen molar-refractivity contribution in [3.63, 3.8) is 0 Å². The molecular formula is C20H31N3O5S. The number of benzene rings is 1. The molecule has 2 saturated heterocycles. The highest BCUT2D eigenvalue weighted by molar-refractivity contribution is 7.89. The van der Waals surface area contributed by atoms with Gasteiger partial charge in [0.2, 0.25) is 15.9 Å². The lowest BCUT2D eigenvalue weighted by Crippen LogP contribution is -2.48. The monoisotopic (exact) mass is 425 g/mol. The van der Waals surface area contributed by atoms with Gasteiger partial charge in [0, 0.05) is 26.2 Å². The Morgan fingerprint density at radius 3 is 2.45 bits per heavy atom. The number of hydrogen-bond acceptors (Lipinski definition) is 6. The van der Waals surface area contributed by atoms with Gasteiger partial charge in [0.15, 0.2) is 0 Å². The summed E-state index contributed by atoms with van der Waals surface area (Å²) in [5.74, 6) is 0.219. The summed E-state index contributed by atoms with van der Waals surface area (Å²) in [6.07, 6.45) is 2.93. The summed E-state index contributed by atoms with van der Waals surface area (Å²) < 4.78 is 38.5. The molecular weight excluding hydrogens is 394 g/mol. The molecule has 0 spiro atoms. The Kier molecular flexibility index (Phi) is 7.15. The summed E-state index contributed by atoms with van der Waals surface area (Å²) >= 11 is 0. The molecule has 8 nitrogen and oxygen atoms in total. The summed E-state index contributed by atoms with van der Waals surface area (Å²) in [4.78, 5) is 14.8. The number of nitrogens with zero attached hydrogens (tertiary/aromatic N) is 2. The van der Waals surface area contributed by atoms with Crippen molar-refractivity contribution >= 4 is 21.6 Å². The third-order valence-electron chi connectivity index (χ3n) is 5.26. The second kappa shape index (κ2) is 9.42. The van der Waals surface area contributed by atoms with Gasteiger partial charge in [-0.2, -0.15) is 4.31 Å². The Bertz CT molecular complexity index is 813. The zero-order chi connectivity index (χ0) is 21.0. The molecule has 1 amide bonds. The van der Waals surface area contributed by atoms with Crippen molar-refractivity contribution in [2.45, 2.75) is 50.2 Å². The van der Waals surface area contributed by atoms with E-state index in [2.05, 4.69) is 5.32 Å². The molecule has 2 unspecified atom stereocenters. The summed E-state index contributed by atoms with van der Waals surface area (Å²) in [6, 6.07) is 4.61. The average molecular weight is 426 g/mol. The standard InChI is InChI=1S/C20H31N3O5S/c1-15-12-22(13-16(2)28-15)14-20(24)21-18-11-17(7-8-19(18)27-3)29(25,26)23-9-5-4-6-10-23/h7-8,11,15-16H,4-6,9-10,12-14H2,1-3H3,(H,21,24). The number of carbonyl (C=O) groups is 1. The van der Waals surface area contributed by atoms with Crippen molar-refractivity contribution in [3.05, 3.63) is 18.2 Å². The zero-order valence-corrected chi connectivity index (χ0v) is 18.2. The number of sulfonamides is 1. The van der Waals surface area contributed by atoms with E-state index in [-0.39, 0.29) is 29.6 Å². The van der Waals surface area contributed by atoms with Crippen LogP contribution in [-0.4, -0.2) is 75.6 Å². The predicted octanol–water partition coefficient (Wildman–Crippen LogP) is 1.92. The maximum Gasteiger partial charge on any atom is 0.243 e. The Morgan fingerprint density at radius 1 is 1.17 bits per heavy atom. The molecule has 0 aromatic heterocycles. The van der Waals surface area contributed by atoms with E-state index in [0.29, 0.717) is 37.6 Å². The highest BCUT2D eigenvalue weighted by atomic mass is 32.2. The summed E-state index contributed by atoms with van der Waals surface area (Å²) in [6.45, 7) is 6.60. The first-order valence-electron chi connectivity index (χ1n) is 10.2. The fraction of sp³-hybridized carbons (Fsp3) is 0.650. The van der Waals surface area contributed by atoms with Crippen LogP contribution in [0.25, 0.3) is 0 Å². The van der Waals surface area contributed by atoms with E-state index in [0.717, 1.165) is 19.3 Å². The molecule has 1 aromatic carbocycles. The quantitative estimate of drug-likeness (QED) is 0.749. The number of nitrogens with one attached hydrogen (secondary N) is 1. The van der Waals surface area contributed by atoms with Crippen LogP contribution >= 0.6 is 0 Å². The largest absolute Gasteiger partial charge is 0.495 e. The molecule has 0 bridgehead atoms. The van der Waals surface area contributed by atoms with Gasteiger partial charge in [-0.3, -0.25) is 9.69 Å². The van der Waals surface area contributed by atoms with Crippen LogP contribution in [0.5, 0.6) is 5.75 Å². The van der Waals surface area contributed by atoms with Crippen LogP contribution in [0.4, 0.5) is 5.69 Å². The molecule has 29 heavy (non-hydrogen) atoms. The van der Waals surface area contributed by atoms with Gasteiger partial charge < -0.3 is 14.8 Å². The SMILES string of the molecule is COc1ccc(S(=O)(=O)N2CCCCC2)cc1NC(=O)CN1CC(C)OC(C)C1. The fourth-order valence-corrected chi connectivity index (χ4v) is 5.55. The molecule has 9 heteroatoms. The predicted molar refractivity (Wildman–Crippen MR) is 111 cm³/mol. The van der Waals surface area contributed by atoms with E-state index in [1.807, 2.05) is 18.7 Å². The highest BCUT2D eigenvalue weighted by Gasteiger charge is 2.28. The minimum Gasteiger partial charge on any atom is -0.495 e. The Hall–Kier alpha value is -1.68. The molecule has 162 valence electrons. The first-order chi connectivity index (χ1) is 13.8. The van der Waals surface area contributed by atoms with Gasteiger partial charge in [0.25, 0.3) is 0 Å². The molecule has 3 rings (SSSR count). The van der Waals surface area contributed by atoms with Gasteiger partial charge in [-0.15, -0.1) is 0 Å². The van der Waals surface area contributed by atoms with Crippen LogP contribution in [0.1, 0.15) is 33.1 Å². The van der Waals surface area contributed by atoms with E-state index in [9.17, 15) is 13.2 Å². The minimum atomic E-state index is -3.59. The topological polar surface area (TPSA) is 88.2 Å². The molecule has 2 fully saturated rings. The molecule has 1 aromatic rings. The van der Waals surface area contributed by atoms with Gasteiger partial charge >= 0.3 is 0 Å². The number of piperidine rings is 1. The first kappa shape index (κ1) is 22.0. The number of carbonyl (C=O) groups excluding carboxylic acids is 1. The van der Waals surface area contributed by atoms with Gasteiger partial charge in [-0.05, 0) is 44.9 Å². The Labute approximate surface area is 173 Å². The lowest BCUT2D eigenvalue weighted by atomic mass is 10.2. The zero-order valence-electron chi connectivity index (χ0n) is 17.4. The summed E-state index contributed by atoms with van der Waals surface area (Å²) in [5, 5.41) is 2.82. The van der Waals surface area contributed by atoms with Crippen molar-refractivity contribution in [3.8, 4) is 5.75 Å². The van der Waals surface area contributed by atoms with Gasteiger partial charge in [0.1, 0.15) is 5.75 Å². The molecule has 0 radical (unpaired) electrons. The third-order valence-corrected chi connectivity index (χ3v) is 7.15. The number of anilines is 1. The number of morpholine rings is 1. The van der Waals surface area contributed by atoms with Crippen LogP contribution in [0.2, 0.25) is 0 Å².